The molecule has 0 aromatic heterocycles. The summed E-state index contributed by atoms with van der Waals surface area (Å²) in [6.45, 7) is 0.0160. The first kappa shape index (κ1) is 11.8. The average Bonchev–Trinajstić information content (AvgIpc) is 2.83. The molecule has 0 radical (unpaired) electrons. The molecule has 7 heteroatoms. The third-order valence-corrected chi connectivity index (χ3v) is 3.14. The van der Waals surface area contributed by atoms with Gasteiger partial charge in [-0.25, -0.2) is 4.79 Å². The molecule has 1 unspecified atom stereocenters. The van der Waals surface area contributed by atoms with Gasteiger partial charge >= 0.3 is 5.97 Å². The molecule has 0 aromatic rings. The highest BCUT2D eigenvalue weighted by Gasteiger charge is 2.42. The number of β-amino-alcohol motifs (C(OH)–C–C–N with tert-alkyl or cyclic N) is 1. The summed E-state index contributed by atoms with van der Waals surface area (Å²) < 4.78 is 0. The molecule has 94 valence electrons. The Kier molecular flexibility index (Phi) is 3.01. The first-order valence-electron chi connectivity index (χ1n) is 5.49. The van der Waals surface area contributed by atoms with Crippen LogP contribution < -0.4 is 5.32 Å². The van der Waals surface area contributed by atoms with E-state index in [0.29, 0.717) is 6.42 Å². The van der Waals surface area contributed by atoms with E-state index >= 15 is 0 Å². The molecule has 2 saturated heterocycles. The molecule has 7 nitrogen and oxygen atoms in total. The SMILES string of the molecule is O=C1CCC(C(=O)N2C[C@H](O)C[C@@H]2C(=O)O)N1. The van der Waals surface area contributed by atoms with Crippen LogP contribution in [0.2, 0.25) is 0 Å². The van der Waals surface area contributed by atoms with Gasteiger partial charge in [0.2, 0.25) is 11.8 Å². The van der Waals surface area contributed by atoms with Gasteiger partial charge in [0, 0.05) is 19.4 Å². The Morgan fingerprint density at radius 1 is 1.41 bits per heavy atom. The van der Waals surface area contributed by atoms with Crippen molar-refractivity contribution in [1.82, 2.24) is 10.2 Å². The second-order valence-electron chi connectivity index (χ2n) is 4.39. The van der Waals surface area contributed by atoms with E-state index in [1.807, 2.05) is 0 Å². The summed E-state index contributed by atoms with van der Waals surface area (Å²) in [5.41, 5.74) is 0. The maximum atomic E-state index is 12.0. The molecule has 2 heterocycles. The highest BCUT2D eigenvalue weighted by molar-refractivity contribution is 5.93. The van der Waals surface area contributed by atoms with Crippen molar-refractivity contribution in [2.45, 2.75) is 37.5 Å². The largest absolute Gasteiger partial charge is 0.480 e. The number of hydrogen-bond acceptors (Lipinski definition) is 4. The Labute approximate surface area is 97.4 Å². The predicted octanol–water partition coefficient (Wildman–Crippen LogP) is -1.69. The third kappa shape index (κ3) is 2.23. The van der Waals surface area contributed by atoms with Crippen molar-refractivity contribution >= 4 is 17.8 Å². The molecular formula is C10H14N2O5. The van der Waals surface area contributed by atoms with Crippen LogP contribution in [0.5, 0.6) is 0 Å². The number of carboxylic acid groups (broad SMARTS) is 1. The molecule has 0 aromatic carbocycles. The first-order chi connectivity index (χ1) is 7.99. The maximum absolute atomic E-state index is 12.0. The molecule has 0 bridgehead atoms. The minimum Gasteiger partial charge on any atom is -0.480 e. The van der Waals surface area contributed by atoms with Gasteiger partial charge in [-0.1, -0.05) is 0 Å². The second-order valence-corrected chi connectivity index (χ2v) is 4.39. The molecule has 2 fully saturated rings. The van der Waals surface area contributed by atoms with Crippen LogP contribution in [0.1, 0.15) is 19.3 Å². The van der Waals surface area contributed by atoms with Crippen LogP contribution >= 0.6 is 0 Å². The summed E-state index contributed by atoms with van der Waals surface area (Å²) in [6.07, 6.45) is -0.0970. The van der Waals surface area contributed by atoms with E-state index in [-0.39, 0.29) is 25.3 Å². The van der Waals surface area contributed by atoms with Crippen molar-refractivity contribution in [2.75, 3.05) is 6.54 Å². The van der Waals surface area contributed by atoms with Crippen LogP contribution in [-0.2, 0) is 14.4 Å². The van der Waals surface area contributed by atoms with E-state index in [4.69, 9.17) is 5.11 Å². The molecule has 2 aliphatic rings. The van der Waals surface area contributed by atoms with Crippen molar-refractivity contribution in [3.05, 3.63) is 0 Å². The molecule has 2 aliphatic heterocycles. The molecule has 17 heavy (non-hydrogen) atoms. The number of aliphatic carboxylic acids is 1. The minimum absolute atomic E-state index is 0.0160. The highest BCUT2D eigenvalue weighted by atomic mass is 16.4. The van der Waals surface area contributed by atoms with E-state index in [0.717, 1.165) is 4.90 Å². The fraction of sp³-hybridized carbons (Fsp3) is 0.700. The topological polar surface area (TPSA) is 107 Å². The summed E-state index contributed by atoms with van der Waals surface area (Å²) in [7, 11) is 0. The van der Waals surface area contributed by atoms with Crippen molar-refractivity contribution in [2.24, 2.45) is 0 Å². The summed E-state index contributed by atoms with van der Waals surface area (Å²) in [4.78, 5) is 35.1. The average molecular weight is 242 g/mol. The fourth-order valence-electron chi connectivity index (χ4n) is 2.29. The lowest BCUT2D eigenvalue weighted by atomic mass is 10.1. The molecule has 2 rings (SSSR count). The summed E-state index contributed by atoms with van der Waals surface area (Å²) in [5.74, 6) is -1.74. The molecule has 0 saturated carbocycles. The zero-order valence-corrected chi connectivity index (χ0v) is 9.13. The monoisotopic (exact) mass is 242 g/mol. The Morgan fingerprint density at radius 3 is 2.65 bits per heavy atom. The van der Waals surface area contributed by atoms with E-state index in [1.54, 1.807) is 0 Å². The van der Waals surface area contributed by atoms with Gasteiger partial charge in [0.15, 0.2) is 0 Å². The highest BCUT2D eigenvalue weighted by Crippen LogP contribution is 2.21. The molecular weight excluding hydrogens is 228 g/mol. The van der Waals surface area contributed by atoms with Gasteiger partial charge in [-0.05, 0) is 6.42 Å². The van der Waals surface area contributed by atoms with Gasteiger partial charge in [0.1, 0.15) is 12.1 Å². The zero-order valence-electron chi connectivity index (χ0n) is 9.13. The number of rotatable bonds is 2. The fourth-order valence-corrected chi connectivity index (χ4v) is 2.29. The Morgan fingerprint density at radius 2 is 2.12 bits per heavy atom. The van der Waals surface area contributed by atoms with Crippen LogP contribution in [0.4, 0.5) is 0 Å². The number of aliphatic hydroxyl groups is 1. The lowest BCUT2D eigenvalue weighted by Gasteiger charge is -2.24. The first-order valence-corrected chi connectivity index (χ1v) is 5.49. The Balaban J connectivity index is 2.07. The smallest absolute Gasteiger partial charge is 0.326 e. The summed E-state index contributed by atoms with van der Waals surface area (Å²) >= 11 is 0. The van der Waals surface area contributed by atoms with E-state index in [2.05, 4.69) is 5.32 Å². The Bertz CT molecular complexity index is 370. The maximum Gasteiger partial charge on any atom is 0.326 e. The van der Waals surface area contributed by atoms with Crippen LogP contribution in [0.3, 0.4) is 0 Å². The molecule has 2 amide bonds. The van der Waals surface area contributed by atoms with E-state index < -0.39 is 30.1 Å². The molecule has 3 N–H and O–H groups in total. The van der Waals surface area contributed by atoms with Crippen LogP contribution in [0, 0.1) is 0 Å². The van der Waals surface area contributed by atoms with Gasteiger partial charge in [-0.2, -0.15) is 0 Å². The number of amides is 2. The van der Waals surface area contributed by atoms with Crippen LogP contribution in [0.25, 0.3) is 0 Å². The van der Waals surface area contributed by atoms with Gasteiger partial charge in [0.05, 0.1) is 6.10 Å². The zero-order chi connectivity index (χ0) is 12.6. The van der Waals surface area contributed by atoms with E-state index in [1.165, 1.54) is 0 Å². The number of hydrogen-bond donors (Lipinski definition) is 3. The molecule has 3 atom stereocenters. The van der Waals surface area contributed by atoms with Crippen molar-refractivity contribution in [3.8, 4) is 0 Å². The van der Waals surface area contributed by atoms with Crippen molar-refractivity contribution in [3.63, 3.8) is 0 Å². The number of nitrogens with one attached hydrogen (secondary N) is 1. The van der Waals surface area contributed by atoms with Gasteiger partial charge < -0.3 is 20.4 Å². The standard InChI is InChI=1S/C10H14N2O5/c13-5-3-7(10(16)17)12(4-5)9(15)6-1-2-8(14)11-6/h5-7,13H,1-4H2,(H,11,14)(H,16,17)/t5-,6?,7-/m1/s1. The van der Waals surface area contributed by atoms with Crippen molar-refractivity contribution < 1.29 is 24.6 Å². The Hall–Kier alpha value is -1.63. The quantitative estimate of drug-likeness (QED) is 0.535. The van der Waals surface area contributed by atoms with Gasteiger partial charge in [-0.15, -0.1) is 0 Å². The van der Waals surface area contributed by atoms with Gasteiger partial charge in [-0.3, -0.25) is 9.59 Å². The number of likely N-dealkylation sites (tertiary alicyclic amines) is 1. The number of aliphatic hydroxyl groups excluding tert-OH is 1. The van der Waals surface area contributed by atoms with Crippen LogP contribution in [0.15, 0.2) is 0 Å². The summed E-state index contributed by atoms with van der Waals surface area (Å²) in [5, 5.41) is 20.9. The third-order valence-electron chi connectivity index (χ3n) is 3.14. The molecule has 0 aliphatic carbocycles. The number of carbonyl (C=O) groups excluding carboxylic acids is 2. The lowest BCUT2D eigenvalue weighted by molar-refractivity contribution is -0.149. The number of nitrogens with zero attached hydrogens (tertiary/aromatic N) is 1. The minimum atomic E-state index is -1.13. The van der Waals surface area contributed by atoms with Crippen molar-refractivity contribution in [1.29, 1.82) is 0 Å². The summed E-state index contributed by atoms with van der Waals surface area (Å²) in [6, 6.07) is -1.63. The number of carboxylic acids is 1. The predicted molar refractivity (Wildman–Crippen MR) is 54.9 cm³/mol. The second kappa shape index (κ2) is 4.33. The normalized spacial score (nSPS) is 32.6. The van der Waals surface area contributed by atoms with E-state index in [9.17, 15) is 19.5 Å². The number of carbonyl (C=O) groups is 3. The van der Waals surface area contributed by atoms with Gasteiger partial charge in [0.25, 0.3) is 0 Å². The lowest BCUT2D eigenvalue weighted by Crippen LogP contribution is -2.49. The van der Waals surface area contributed by atoms with Crippen LogP contribution in [-0.4, -0.2) is 57.6 Å². The molecule has 0 spiro atoms.